The first kappa shape index (κ1) is 23.1. The van der Waals surface area contributed by atoms with Crippen LogP contribution in [0.5, 0.6) is 0 Å². The van der Waals surface area contributed by atoms with E-state index >= 15 is 0 Å². The SMILES string of the molecule is CCN(CC)C(CNC(=O)C(NC(=O)c1cccs1)C(C)C)Cc1ccccc1. The molecule has 158 valence electrons. The molecule has 2 rings (SSSR count). The summed E-state index contributed by atoms with van der Waals surface area (Å²) >= 11 is 1.38. The van der Waals surface area contributed by atoms with Crippen LogP contribution in [-0.2, 0) is 11.2 Å². The Morgan fingerprint density at radius 3 is 2.28 bits per heavy atom. The predicted molar refractivity (Wildman–Crippen MR) is 120 cm³/mol. The van der Waals surface area contributed by atoms with Crippen molar-refractivity contribution in [3.63, 3.8) is 0 Å². The number of benzene rings is 1. The molecule has 0 spiro atoms. The van der Waals surface area contributed by atoms with Gasteiger partial charge in [0, 0.05) is 12.6 Å². The van der Waals surface area contributed by atoms with Crippen LogP contribution in [0.25, 0.3) is 0 Å². The summed E-state index contributed by atoms with van der Waals surface area (Å²) in [5, 5.41) is 7.85. The molecule has 0 aliphatic carbocycles. The summed E-state index contributed by atoms with van der Waals surface area (Å²) in [5.41, 5.74) is 1.25. The summed E-state index contributed by atoms with van der Waals surface area (Å²) in [7, 11) is 0. The molecule has 2 unspecified atom stereocenters. The van der Waals surface area contributed by atoms with Crippen LogP contribution in [0.2, 0.25) is 0 Å². The molecule has 1 aromatic heterocycles. The van der Waals surface area contributed by atoms with Crippen molar-refractivity contribution in [2.75, 3.05) is 19.6 Å². The molecular formula is C23H33N3O2S. The fourth-order valence-corrected chi connectivity index (χ4v) is 4.07. The quantitative estimate of drug-likeness (QED) is 0.590. The van der Waals surface area contributed by atoms with Gasteiger partial charge in [-0.05, 0) is 42.4 Å². The molecule has 2 aromatic rings. The van der Waals surface area contributed by atoms with E-state index in [0.29, 0.717) is 11.4 Å². The maximum absolute atomic E-state index is 12.9. The van der Waals surface area contributed by atoms with E-state index in [4.69, 9.17) is 0 Å². The Morgan fingerprint density at radius 1 is 1.03 bits per heavy atom. The summed E-state index contributed by atoms with van der Waals surface area (Å²) in [6, 6.07) is 13.6. The molecule has 0 saturated heterocycles. The fraction of sp³-hybridized carbons (Fsp3) is 0.478. The van der Waals surface area contributed by atoms with Crippen molar-refractivity contribution in [1.29, 1.82) is 0 Å². The summed E-state index contributed by atoms with van der Waals surface area (Å²) in [6.07, 6.45) is 0.872. The van der Waals surface area contributed by atoms with Crippen LogP contribution in [0.1, 0.15) is 42.9 Å². The van der Waals surface area contributed by atoms with Gasteiger partial charge in [-0.15, -0.1) is 11.3 Å². The smallest absolute Gasteiger partial charge is 0.262 e. The molecule has 0 bridgehead atoms. The van der Waals surface area contributed by atoms with E-state index in [0.717, 1.165) is 19.5 Å². The van der Waals surface area contributed by atoms with Crippen molar-refractivity contribution in [2.45, 2.75) is 46.2 Å². The number of nitrogens with one attached hydrogen (secondary N) is 2. The summed E-state index contributed by atoms with van der Waals surface area (Å²) in [6.45, 7) is 10.6. The van der Waals surface area contributed by atoms with Crippen LogP contribution >= 0.6 is 11.3 Å². The molecule has 0 fully saturated rings. The largest absolute Gasteiger partial charge is 0.353 e. The number of amides is 2. The number of hydrogen-bond donors (Lipinski definition) is 2. The number of rotatable bonds is 11. The first-order valence-electron chi connectivity index (χ1n) is 10.4. The van der Waals surface area contributed by atoms with Crippen molar-refractivity contribution in [3.05, 3.63) is 58.3 Å². The highest BCUT2D eigenvalue weighted by Crippen LogP contribution is 2.12. The molecule has 1 heterocycles. The Kier molecular flexibility index (Phi) is 9.35. The second-order valence-corrected chi connectivity index (χ2v) is 8.43. The van der Waals surface area contributed by atoms with Crippen LogP contribution < -0.4 is 10.6 Å². The number of thiophene rings is 1. The Balaban J connectivity index is 2.02. The van der Waals surface area contributed by atoms with E-state index in [1.54, 1.807) is 6.07 Å². The average Bonchev–Trinajstić information content (AvgIpc) is 3.26. The normalized spacial score (nSPS) is 13.3. The molecule has 0 radical (unpaired) electrons. The Morgan fingerprint density at radius 2 is 1.72 bits per heavy atom. The number of hydrogen-bond acceptors (Lipinski definition) is 4. The zero-order chi connectivity index (χ0) is 21.2. The maximum atomic E-state index is 12.9. The highest BCUT2D eigenvalue weighted by atomic mass is 32.1. The van der Waals surface area contributed by atoms with E-state index in [2.05, 4.69) is 41.5 Å². The standard InChI is InChI=1S/C23H33N3O2S/c1-5-26(6-2)19(15-18-11-8-7-9-12-18)16-24-23(28)21(17(3)4)25-22(27)20-13-10-14-29-20/h7-14,17,19,21H,5-6,15-16H2,1-4H3,(H,24,28)(H,25,27). The lowest BCUT2D eigenvalue weighted by Gasteiger charge is -2.31. The monoisotopic (exact) mass is 415 g/mol. The summed E-state index contributed by atoms with van der Waals surface area (Å²) in [5.74, 6) is -0.325. The van der Waals surface area contributed by atoms with Crippen LogP contribution in [0.15, 0.2) is 47.8 Å². The molecule has 29 heavy (non-hydrogen) atoms. The Hall–Kier alpha value is -2.18. The van der Waals surface area contributed by atoms with Crippen LogP contribution in [0, 0.1) is 5.92 Å². The Labute approximate surface area is 178 Å². The summed E-state index contributed by atoms with van der Waals surface area (Å²) < 4.78 is 0. The van der Waals surface area contributed by atoms with E-state index in [-0.39, 0.29) is 23.8 Å². The van der Waals surface area contributed by atoms with E-state index in [1.165, 1.54) is 16.9 Å². The zero-order valence-corrected chi connectivity index (χ0v) is 18.7. The third kappa shape index (κ3) is 6.98. The molecule has 5 nitrogen and oxygen atoms in total. The van der Waals surface area contributed by atoms with Crippen LogP contribution in [0.3, 0.4) is 0 Å². The van der Waals surface area contributed by atoms with Crippen molar-refractivity contribution in [3.8, 4) is 0 Å². The topological polar surface area (TPSA) is 61.4 Å². The maximum Gasteiger partial charge on any atom is 0.262 e. The number of carbonyl (C=O) groups is 2. The van der Waals surface area contributed by atoms with Gasteiger partial charge < -0.3 is 10.6 Å². The highest BCUT2D eigenvalue weighted by Gasteiger charge is 2.26. The third-order valence-electron chi connectivity index (χ3n) is 5.14. The predicted octanol–water partition coefficient (Wildman–Crippen LogP) is 3.57. The molecule has 0 aliphatic rings. The van der Waals surface area contributed by atoms with E-state index in [1.807, 2.05) is 43.5 Å². The first-order chi connectivity index (χ1) is 14.0. The van der Waals surface area contributed by atoms with E-state index < -0.39 is 6.04 Å². The third-order valence-corrected chi connectivity index (χ3v) is 6.00. The molecule has 2 atom stereocenters. The van der Waals surface area contributed by atoms with Gasteiger partial charge in [0.05, 0.1) is 4.88 Å². The van der Waals surface area contributed by atoms with Gasteiger partial charge in [0.1, 0.15) is 6.04 Å². The molecular weight excluding hydrogens is 382 g/mol. The fourth-order valence-electron chi connectivity index (χ4n) is 3.44. The lowest BCUT2D eigenvalue weighted by atomic mass is 10.0. The molecule has 2 N–H and O–H groups in total. The van der Waals surface area contributed by atoms with Gasteiger partial charge in [-0.25, -0.2) is 0 Å². The highest BCUT2D eigenvalue weighted by molar-refractivity contribution is 7.12. The average molecular weight is 416 g/mol. The second kappa shape index (κ2) is 11.7. The Bertz CT molecular complexity index is 743. The van der Waals surface area contributed by atoms with Crippen molar-refractivity contribution in [2.24, 2.45) is 5.92 Å². The van der Waals surface area contributed by atoms with Crippen molar-refractivity contribution >= 4 is 23.2 Å². The lowest BCUT2D eigenvalue weighted by molar-refractivity contribution is -0.124. The van der Waals surface area contributed by atoms with Gasteiger partial charge in [0.15, 0.2) is 0 Å². The number of likely N-dealkylation sites (N-methyl/N-ethyl adjacent to an activating group) is 1. The molecule has 2 amide bonds. The number of nitrogens with zero attached hydrogens (tertiary/aromatic N) is 1. The van der Waals surface area contributed by atoms with Crippen molar-refractivity contribution in [1.82, 2.24) is 15.5 Å². The van der Waals surface area contributed by atoms with Gasteiger partial charge in [0.2, 0.25) is 5.91 Å². The van der Waals surface area contributed by atoms with Gasteiger partial charge >= 0.3 is 0 Å². The number of carbonyl (C=O) groups excluding carboxylic acids is 2. The second-order valence-electron chi connectivity index (χ2n) is 7.48. The minimum absolute atomic E-state index is 0.0000565. The molecule has 0 aliphatic heterocycles. The molecule has 6 heteroatoms. The zero-order valence-electron chi connectivity index (χ0n) is 17.9. The van der Waals surface area contributed by atoms with Gasteiger partial charge in [0.25, 0.3) is 5.91 Å². The van der Waals surface area contributed by atoms with Gasteiger partial charge in [-0.1, -0.05) is 64.1 Å². The van der Waals surface area contributed by atoms with Crippen LogP contribution in [0.4, 0.5) is 0 Å². The van der Waals surface area contributed by atoms with E-state index in [9.17, 15) is 9.59 Å². The summed E-state index contributed by atoms with van der Waals surface area (Å²) in [4.78, 5) is 28.3. The minimum Gasteiger partial charge on any atom is -0.353 e. The van der Waals surface area contributed by atoms with Crippen LogP contribution in [-0.4, -0.2) is 48.4 Å². The minimum atomic E-state index is -0.557. The van der Waals surface area contributed by atoms with Gasteiger partial charge in [-0.2, -0.15) is 0 Å². The van der Waals surface area contributed by atoms with Crippen molar-refractivity contribution < 1.29 is 9.59 Å². The molecule has 1 aromatic carbocycles. The first-order valence-corrected chi connectivity index (χ1v) is 11.2. The lowest BCUT2D eigenvalue weighted by Crippen LogP contribution is -2.53. The van der Waals surface area contributed by atoms with Gasteiger partial charge in [-0.3, -0.25) is 14.5 Å². The molecule has 0 saturated carbocycles.